The number of benzene rings is 1. The van der Waals surface area contributed by atoms with Crippen LogP contribution in [0.15, 0.2) is 16.9 Å². The van der Waals surface area contributed by atoms with Gasteiger partial charge in [0, 0.05) is 43.2 Å². The largest absolute Gasteiger partial charge is 0.477 e. The molecule has 4 rings (SSSR count). The minimum Gasteiger partial charge on any atom is -0.477 e. The van der Waals surface area contributed by atoms with E-state index in [1.165, 1.54) is 0 Å². The van der Waals surface area contributed by atoms with Gasteiger partial charge in [0.25, 0.3) is 0 Å². The molecule has 1 saturated carbocycles. The number of H-pyrrole nitrogens is 1. The number of carbonyl (C=O) groups is 1. The first-order valence-electron chi connectivity index (χ1n) is 8.14. The fourth-order valence-electron chi connectivity index (χ4n) is 3.36. The number of hydrogen-bond acceptors (Lipinski definition) is 4. The highest BCUT2D eigenvalue weighted by atomic mass is 19.1. The number of piperazine rings is 1. The molecule has 2 fully saturated rings. The van der Waals surface area contributed by atoms with E-state index < -0.39 is 17.2 Å². The smallest absolute Gasteiger partial charge is 0.341 e. The Morgan fingerprint density at radius 3 is 2.58 bits per heavy atom. The highest BCUT2D eigenvalue weighted by Gasteiger charge is 2.31. The maximum atomic E-state index is 14.5. The summed E-state index contributed by atoms with van der Waals surface area (Å²) in [7, 11) is 0. The first-order valence-corrected chi connectivity index (χ1v) is 8.14. The van der Waals surface area contributed by atoms with Crippen molar-refractivity contribution >= 4 is 22.6 Å². The Balaban J connectivity index is 1.91. The first kappa shape index (κ1) is 15.1. The fourth-order valence-corrected chi connectivity index (χ4v) is 3.36. The van der Waals surface area contributed by atoms with Gasteiger partial charge in [0.1, 0.15) is 11.4 Å². The Bertz CT molecular complexity index is 883. The number of aromatic nitrogens is 1. The summed E-state index contributed by atoms with van der Waals surface area (Å²) in [4.78, 5) is 29.1. The molecule has 0 atom stereocenters. The van der Waals surface area contributed by atoms with Crippen molar-refractivity contribution < 1.29 is 14.3 Å². The Morgan fingerprint density at radius 1 is 1.25 bits per heavy atom. The van der Waals surface area contributed by atoms with Crippen LogP contribution in [-0.2, 0) is 0 Å². The average Bonchev–Trinajstić information content (AvgIpc) is 3.40. The van der Waals surface area contributed by atoms with Crippen LogP contribution in [0.5, 0.6) is 0 Å². The number of carboxylic acids is 1. The van der Waals surface area contributed by atoms with Gasteiger partial charge in [-0.25, -0.2) is 9.18 Å². The molecule has 1 aromatic heterocycles. The number of rotatable bonds is 3. The van der Waals surface area contributed by atoms with Crippen LogP contribution in [0, 0.1) is 5.82 Å². The number of halogens is 1. The van der Waals surface area contributed by atoms with Crippen LogP contribution in [0.2, 0.25) is 0 Å². The van der Waals surface area contributed by atoms with Crippen LogP contribution in [0.4, 0.5) is 10.1 Å². The van der Waals surface area contributed by atoms with Crippen molar-refractivity contribution in [2.75, 3.05) is 31.1 Å². The lowest BCUT2D eigenvalue weighted by Gasteiger charge is -2.29. The molecule has 0 amide bonds. The molecule has 2 heterocycles. The Kier molecular flexibility index (Phi) is 3.53. The molecule has 0 spiro atoms. The van der Waals surface area contributed by atoms with Gasteiger partial charge >= 0.3 is 5.97 Å². The van der Waals surface area contributed by atoms with Crippen LogP contribution in [0.1, 0.15) is 34.8 Å². The third kappa shape index (κ3) is 2.45. The maximum Gasteiger partial charge on any atom is 0.341 e. The Labute approximate surface area is 137 Å². The topological polar surface area (TPSA) is 85.4 Å². The molecule has 7 heteroatoms. The van der Waals surface area contributed by atoms with Gasteiger partial charge in [0.2, 0.25) is 5.43 Å². The highest BCUT2D eigenvalue weighted by Crippen LogP contribution is 2.40. The minimum absolute atomic E-state index is 0.0842. The van der Waals surface area contributed by atoms with E-state index in [2.05, 4.69) is 10.3 Å². The third-order valence-corrected chi connectivity index (χ3v) is 4.75. The second-order valence-corrected chi connectivity index (χ2v) is 6.41. The zero-order valence-corrected chi connectivity index (χ0v) is 13.1. The summed E-state index contributed by atoms with van der Waals surface area (Å²) in [6.07, 6.45) is 1.74. The summed E-state index contributed by atoms with van der Waals surface area (Å²) in [5, 5.41) is 12.7. The van der Waals surface area contributed by atoms with E-state index in [0.717, 1.165) is 32.0 Å². The minimum atomic E-state index is -1.26. The van der Waals surface area contributed by atoms with E-state index in [-0.39, 0.29) is 16.9 Å². The van der Waals surface area contributed by atoms with Crippen molar-refractivity contribution in [2.45, 2.75) is 18.8 Å². The van der Waals surface area contributed by atoms with Gasteiger partial charge < -0.3 is 20.3 Å². The normalized spacial score (nSPS) is 18.1. The molecule has 0 unspecified atom stereocenters. The molecular weight excluding hydrogens is 313 g/mol. The summed E-state index contributed by atoms with van der Waals surface area (Å²) < 4.78 is 14.5. The second-order valence-electron chi connectivity index (χ2n) is 6.41. The van der Waals surface area contributed by atoms with E-state index in [0.29, 0.717) is 30.0 Å². The van der Waals surface area contributed by atoms with Crippen LogP contribution < -0.4 is 15.6 Å². The van der Waals surface area contributed by atoms with Gasteiger partial charge in [0.05, 0.1) is 11.2 Å². The van der Waals surface area contributed by atoms with Gasteiger partial charge in [-0.05, 0) is 25.0 Å². The predicted molar refractivity (Wildman–Crippen MR) is 88.5 cm³/mol. The molecule has 126 valence electrons. The Morgan fingerprint density at radius 2 is 1.96 bits per heavy atom. The number of nitrogens with one attached hydrogen (secondary N) is 2. The van der Waals surface area contributed by atoms with E-state index in [4.69, 9.17) is 0 Å². The lowest BCUT2D eigenvalue weighted by Crippen LogP contribution is -2.43. The van der Waals surface area contributed by atoms with Gasteiger partial charge in [-0.1, -0.05) is 0 Å². The third-order valence-electron chi connectivity index (χ3n) is 4.75. The lowest BCUT2D eigenvalue weighted by atomic mass is 10.0. The number of nitrogens with zero attached hydrogens (tertiary/aromatic N) is 1. The van der Waals surface area contributed by atoms with E-state index >= 15 is 0 Å². The number of carboxylic acid groups (broad SMARTS) is 1. The predicted octanol–water partition coefficient (Wildman–Crippen LogP) is 1.65. The van der Waals surface area contributed by atoms with E-state index in [1.807, 2.05) is 4.90 Å². The van der Waals surface area contributed by atoms with Crippen LogP contribution in [-0.4, -0.2) is 42.2 Å². The quantitative estimate of drug-likeness (QED) is 0.796. The average molecular weight is 331 g/mol. The van der Waals surface area contributed by atoms with Gasteiger partial charge in [-0.15, -0.1) is 0 Å². The van der Waals surface area contributed by atoms with Crippen LogP contribution >= 0.6 is 0 Å². The van der Waals surface area contributed by atoms with E-state index in [1.54, 1.807) is 6.07 Å². The number of fused-ring (bicyclic) bond motifs is 1. The molecule has 6 nitrogen and oxygen atoms in total. The summed E-state index contributed by atoms with van der Waals surface area (Å²) in [6, 6.07) is 2.80. The molecule has 1 aliphatic heterocycles. The van der Waals surface area contributed by atoms with Crippen molar-refractivity contribution in [3.63, 3.8) is 0 Å². The summed E-state index contributed by atoms with van der Waals surface area (Å²) >= 11 is 0. The SMILES string of the molecule is O=C(O)c1c(C2CC2)[nH]c2cc(N3CCNCC3)c(F)cc2c1=O. The molecule has 1 aromatic carbocycles. The van der Waals surface area contributed by atoms with Crippen molar-refractivity contribution in [3.05, 3.63) is 39.4 Å². The van der Waals surface area contributed by atoms with Gasteiger partial charge in [0.15, 0.2) is 0 Å². The summed E-state index contributed by atoms with van der Waals surface area (Å²) in [6.45, 7) is 2.93. The standard InChI is InChI=1S/C17H18FN3O3/c18-11-7-10-12(8-13(11)21-5-3-19-4-6-21)20-15(9-1-2-9)14(16(10)22)17(23)24/h7-9,19H,1-6H2,(H,20,22)(H,23,24). The fraction of sp³-hybridized carbons (Fsp3) is 0.412. The molecule has 3 N–H and O–H groups in total. The first-order chi connectivity index (χ1) is 11.6. The molecule has 24 heavy (non-hydrogen) atoms. The van der Waals surface area contributed by atoms with E-state index in [9.17, 15) is 19.1 Å². The molecule has 0 radical (unpaired) electrons. The number of aromatic amines is 1. The van der Waals surface area contributed by atoms with Gasteiger partial charge in [-0.2, -0.15) is 0 Å². The molecule has 1 aliphatic carbocycles. The molecular formula is C17H18FN3O3. The number of aromatic carboxylic acids is 1. The number of anilines is 1. The zero-order chi connectivity index (χ0) is 16.8. The zero-order valence-electron chi connectivity index (χ0n) is 13.1. The number of hydrogen-bond donors (Lipinski definition) is 3. The lowest BCUT2D eigenvalue weighted by molar-refractivity contribution is 0.0694. The second kappa shape index (κ2) is 5.59. The molecule has 2 aliphatic rings. The molecule has 0 bridgehead atoms. The van der Waals surface area contributed by atoms with Crippen LogP contribution in [0.25, 0.3) is 10.9 Å². The maximum absolute atomic E-state index is 14.5. The van der Waals surface area contributed by atoms with Crippen molar-refractivity contribution in [1.82, 2.24) is 10.3 Å². The highest BCUT2D eigenvalue weighted by molar-refractivity contribution is 5.95. The molecule has 2 aromatic rings. The van der Waals surface area contributed by atoms with Crippen molar-refractivity contribution in [3.8, 4) is 0 Å². The van der Waals surface area contributed by atoms with Crippen LogP contribution in [0.3, 0.4) is 0 Å². The summed E-state index contributed by atoms with van der Waals surface area (Å²) in [5.74, 6) is -1.67. The summed E-state index contributed by atoms with van der Waals surface area (Å²) in [5.41, 5.74) is 0.562. The monoisotopic (exact) mass is 331 g/mol. The van der Waals surface area contributed by atoms with Gasteiger partial charge in [-0.3, -0.25) is 4.79 Å². The number of pyridine rings is 1. The van der Waals surface area contributed by atoms with Crippen molar-refractivity contribution in [1.29, 1.82) is 0 Å². The molecule has 1 saturated heterocycles. The Hall–Kier alpha value is -2.41. The van der Waals surface area contributed by atoms with Crippen molar-refractivity contribution in [2.24, 2.45) is 0 Å².